The molecule has 0 bridgehead atoms. The fourth-order valence-corrected chi connectivity index (χ4v) is 7.90. The molecule has 0 atom stereocenters. The van der Waals surface area contributed by atoms with Gasteiger partial charge in [0.1, 0.15) is 53.1 Å². The minimum Gasteiger partial charge on any atom is -0.375 e. The summed E-state index contributed by atoms with van der Waals surface area (Å²) in [6, 6.07) is 30.7. The molecule has 0 heterocycles. The lowest BCUT2D eigenvalue weighted by atomic mass is 10.1. The van der Waals surface area contributed by atoms with Crippen molar-refractivity contribution in [3.63, 3.8) is 0 Å². The topological polar surface area (TPSA) is 434 Å². The number of non-ortho nitro benzene ring substituents is 3. The Hall–Kier alpha value is -12.5. The third-order valence-corrected chi connectivity index (χ3v) is 12.4. The van der Waals surface area contributed by atoms with E-state index in [-0.39, 0.29) is 68.1 Å². The number of benzene rings is 6. The van der Waals surface area contributed by atoms with E-state index in [1.165, 1.54) is 13.8 Å². The zero-order valence-electron chi connectivity index (χ0n) is 48.3. The standard InChI is InChI=1S/C19H19N7O5.C19H17N7O3.C19H18N6O2/c1-4-24(5-2)14-6-7-16(17(9-14)21-12(3)27)22-23-19-13(11-20)8-15(25(28)29)10-18(19)26(30)31;1-4-25(3)15-5-6-17(18(9-15)22-12(2)27)23-24-19-13(10-20)7-16(26(28)29)8-14(19)11-21;1-4-24(5-2)16-6-7-18(13(3)8-16)22-23-19-14(11-20)9-17(25(26)27)10-15(19)12-21/h6-10H,4-5H2,1-3H3,(H,21,27);5-9H,4H2,1-3H3,(H,22,27);6-10H,4-5H2,1-3H3. The second kappa shape index (κ2) is 31.6. The summed E-state index contributed by atoms with van der Waals surface area (Å²) in [7, 11) is 1.89. The van der Waals surface area contributed by atoms with Crippen LogP contribution in [0.15, 0.2) is 122 Å². The Morgan fingerprint density at radius 2 is 0.770 bits per heavy atom. The number of hydrogen-bond donors (Lipinski definition) is 2. The van der Waals surface area contributed by atoms with Gasteiger partial charge >= 0.3 is 5.69 Å². The molecule has 0 aliphatic carbocycles. The number of aryl methyl sites for hydroxylation is 1. The number of hydrogen-bond acceptors (Lipinski definition) is 24. The molecule has 6 aromatic rings. The van der Waals surface area contributed by atoms with Gasteiger partial charge in [0, 0.05) is 101 Å². The van der Waals surface area contributed by atoms with Crippen molar-refractivity contribution in [1.82, 2.24) is 0 Å². The average molecular weight is 1180 g/mol. The summed E-state index contributed by atoms with van der Waals surface area (Å²) in [4.78, 5) is 70.6. The minimum atomic E-state index is -0.875. The maximum absolute atomic E-state index is 11.6. The van der Waals surface area contributed by atoms with Crippen molar-refractivity contribution in [2.75, 3.05) is 65.1 Å². The number of nitriles is 5. The molecule has 87 heavy (non-hydrogen) atoms. The summed E-state index contributed by atoms with van der Waals surface area (Å²) in [6.07, 6.45) is 0. The van der Waals surface area contributed by atoms with E-state index in [9.17, 15) is 76.4 Å². The molecular weight excluding hydrogens is 1120 g/mol. The van der Waals surface area contributed by atoms with E-state index >= 15 is 0 Å². The van der Waals surface area contributed by atoms with E-state index in [2.05, 4.69) is 60.1 Å². The van der Waals surface area contributed by atoms with Crippen LogP contribution < -0.4 is 25.3 Å². The normalized spacial score (nSPS) is 10.4. The molecule has 0 aliphatic heterocycles. The molecule has 0 saturated carbocycles. The van der Waals surface area contributed by atoms with Crippen LogP contribution in [0.5, 0.6) is 0 Å². The van der Waals surface area contributed by atoms with Gasteiger partial charge in [0.2, 0.25) is 11.8 Å². The summed E-state index contributed by atoms with van der Waals surface area (Å²) in [5, 5.41) is 120. The highest BCUT2D eigenvalue weighted by atomic mass is 16.6. The molecule has 6 rings (SSSR count). The van der Waals surface area contributed by atoms with Gasteiger partial charge in [-0.2, -0.15) is 31.4 Å². The van der Waals surface area contributed by atoms with Crippen LogP contribution in [0.25, 0.3) is 0 Å². The monoisotopic (exact) mass is 1180 g/mol. The zero-order valence-corrected chi connectivity index (χ0v) is 48.3. The molecule has 0 aliphatic rings. The molecule has 0 unspecified atom stereocenters. The Morgan fingerprint density at radius 3 is 1.10 bits per heavy atom. The van der Waals surface area contributed by atoms with Crippen molar-refractivity contribution in [2.24, 2.45) is 30.7 Å². The number of nitro benzene ring substituents is 4. The summed E-state index contributed by atoms with van der Waals surface area (Å²) in [5.74, 6) is -0.657. The highest BCUT2D eigenvalue weighted by Gasteiger charge is 2.25. The van der Waals surface area contributed by atoms with Crippen LogP contribution in [0.1, 0.15) is 81.8 Å². The molecule has 30 nitrogen and oxygen atoms in total. The molecule has 442 valence electrons. The van der Waals surface area contributed by atoms with Crippen molar-refractivity contribution < 1.29 is 29.3 Å². The smallest absolute Gasteiger partial charge is 0.304 e. The lowest BCUT2D eigenvalue weighted by Gasteiger charge is -2.22. The van der Waals surface area contributed by atoms with Crippen molar-refractivity contribution >= 4 is 97.1 Å². The van der Waals surface area contributed by atoms with Crippen LogP contribution in [-0.4, -0.2) is 71.3 Å². The highest BCUT2D eigenvalue weighted by Crippen LogP contribution is 2.39. The van der Waals surface area contributed by atoms with E-state index in [0.717, 1.165) is 85.7 Å². The number of azo groups is 3. The number of carbonyl (C=O) groups excluding carboxylic acids is 2. The van der Waals surface area contributed by atoms with Crippen LogP contribution in [0.3, 0.4) is 0 Å². The van der Waals surface area contributed by atoms with E-state index in [0.29, 0.717) is 28.8 Å². The van der Waals surface area contributed by atoms with Gasteiger partial charge in [-0.15, -0.1) is 25.6 Å². The number of nitrogens with zero attached hydrogens (tertiary/aromatic N) is 18. The van der Waals surface area contributed by atoms with E-state index < -0.39 is 36.8 Å². The van der Waals surface area contributed by atoms with Crippen LogP contribution in [0.4, 0.5) is 85.3 Å². The number of nitro groups is 4. The number of carbonyl (C=O) groups is 2. The molecule has 0 radical (unpaired) electrons. The predicted molar refractivity (Wildman–Crippen MR) is 321 cm³/mol. The van der Waals surface area contributed by atoms with Gasteiger partial charge < -0.3 is 25.3 Å². The van der Waals surface area contributed by atoms with E-state index in [1.807, 2.05) is 74.9 Å². The molecule has 0 saturated heterocycles. The maximum atomic E-state index is 11.6. The van der Waals surface area contributed by atoms with E-state index in [1.54, 1.807) is 54.6 Å². The second-order valence-corrected chi connectivity index (χ2v) is 17.9. The Labute approximate surface area is 497 Å². The summed E-state index contributed by atoms with van der Waals surface area (Å²) < 4.78 is 0. The van der Waals surface area contributed by atoms with Crippen molar-refractivity contribution in [2.45, 2.75) is 55.4 Å². The van der Waals surface area contributed by atoms with Crippen molar-refractivity contribution in [3.8, 4) is 30.3 Å². The minimum absolute atomic E-state index is 0.0258. The molecule has 2 amide bonds. The van der Waals surface area contributed by atoms with Gasteiger partial charge in [0.25, 0.3) is 17.1 Å². The molecule has 0 aromatic heterocycles. The second-order valence-electron chi connectivity index (χ2n) is 17.9. The first-order valence-corrected chi connectivity index (χ1v) is 26.0. The Morgan fingerprint density at radius 1 is 0.448 bits per heavy atom. The van der Waals surface area contributed by atoms with Gasteiger partial charge in [-0.25, -0.2) is 0 Å². The number of anilines is 5. The van der Waals surface area contributed by atoms with Gasteiger partial charge in [0.15, 0.2) is 5.69 Å². The molecule has 0 fully saturated rings. The first-order valence-electron chi connectivity index (χ1n) is 26.0. The average Bonchev–Trinajstić information content (AvgIpc) is 2.90. The zero-order chi connectivity index (χ0) is 64.7. The Bertz CT molecular complexity index is 3900. The largest absolute Gasteiger partial charge is 0.375 e. The lowest BCUT2D eigenvalue weighted by molar-refractivity contribution is -0.393. The number of rotatable bonds is 20. The van der Waals surface area contributed by atoms with Gasteiger partial charge in [-0.3, -0.25) is 50.0 Å². The summed E-state index contributed by atoms with van der Waals surface area (Å²) in [6.45, 7) is 18.7. The molecule has 0 spiro atoms. The number of amides is 2. The molecule has 6 aromatic carbocycles. The molecular formula is C57H54N20O10. The molecule has 30 heteroatoms. The van der Waals surface area contributed by atoms with Crippen molar-refractivity contribution in [3.05, 3.63) is 165 Å². The quantitative estimate of drug-likeness (QED) is 0.0407. The third kappa shape index (κ3) is 17.8. The lowest BCUT2D eigenvalue weighted by Crippen LogP contribution is -2.21. The van der Waals surface area contributed by atoms with Crippen LogP contribution in [0, 0.1) is 104 Å². The van der Waals surface area contributed by atoms with Crippen LogP contribution >= 0.6 is 0 Å². The summed E-state index contributed by atoms with van der Waals surface area (Å²) in [5.41, 5.74) is 2.13. The predicted octanol–water partition coefficient (Wildman–Crippen LogP) is 13.7. The van der Waals surface area contributed by atoms with Gasteiger partial charge in [0.05, 0.1) is 70.6 Å². The van der Waals surface area contributed by atoms with E-state index in [4.69, 9.17) is 0 Å². The van der Waals surface area contributed by atoms with Gasteiger partial charge in [-0.05, 0) is 102 Å². The highest BCUT2D eigenvalue weighted by molar-refractivity contribution is 5.94. The van der Waals surface area contributed by atoms with Crippen molar-refractivity contribution in [1.29, 1.82) is 26.3 Å². The first-order chi connectivity index (χ1) is 41.5. The Kier molecular flexibility index (Phi) is 24.4. The van der Waals surface area contributed by atoms with Gasteiger partial charge in [-0.1, -0.05) is 0 Å². The SMILES string of the molecule is CCN(C)c1ccc(N=Nc2c(C#N)cc([N+](=O)[O-])cc2C#N)c(NC(C)=O)c1.CCN(CC)c1ccc(N=Nc2c(C#N)cc([N+](=O)[O-])cc2C#N)c(C)c1.CCN(CC)c1ccc(N=Nc2c(C#N)cc([N+](=O)[O-])cc2[N+](=O)[O-])c(NC(C)=O)c1. The fraction of sp³-hybridized carbons (Fsp3) is 0.246. The van der Waals surface area contributed by atoms with Crippen LogP contribution in [-0.2, 0) is 9.59 Å². The summed E-state index contributed by atoms with van der Waals surface area (Å²) >= 11 is 0. The molecule has 2 N–H and O–H groups in total. The third-order valence-electron chi connectivity index (χ3n) is 12.4. The maximum Gasteiger partial charge on any atom is 0.304 e. The Balaban J connectivity index is 0.000000280. The number of nitrogens with one attached hydrogen (secondary N) is 2. The fourth-order valence-electron chi connectivity index (χ4n) is 7.90. The van der Waals surface area contributed by atoms with Crippen LogP contribution in [0.2, 0.25) is 0 Å². The first kappa shape index (κ1) is 67.0.